The van der Waals surface area contributed by atoms with Crippen molar-refractivity contribution >= 4 is 5.69 Å². The van der Waals surface area contributed by atoms with E-state index in [4.69, 9.17) is 10.3 Å². The molecule has 0 saturated heterocycles. The lowest BCUT2D eigenvalue weighted by Crippen LogP contribution is -2.07. The van der Waals surface area contributed by atoms with Crippen LogP contribution in [0.3, 0.4) is 0 Å². The van der Waals surface area contributed by atoms with Gasteiger partial charge in [0.05, 0.1) is 17.1 Å². The van der Waals surface area contributed by atoms with Crippen LogP contribution in [0, 0.1) is 10.1 Å². The van der Waals surface area contributed by atoms with Gasteiger partial charge in [0.2, 0.25) is 0 Å². The highest BCUT2D eigenvalue weighted by molar-refractivity contribution is 5.49. The van der Waals surface area contributed by atoms with Crippen molar-refractivity contribution in [2.75, 3.05) is 13.2 Å². The molecule has 0 atom stereocenters. The molecule has 0 aliphatic carbocycles. The van der Waals surface area contributed by atoms with Crippen LogP contribution in [0.2, 0.25) is 0 Å². The number of nitro groups is 1. The van der Waals surface area contributed by atoms with Gasteiger partial charge in [-0.25, -0.2) is 0 Å². The Hall–Kier alpha value is -2.48. The van der Waals surface area contributed by atoms with Gasteiger partial charge < -0.3 is 4.74 Å². The van der Waals surface area contributed by atoms with Crippen LogP contribution in [0.15, 0.2) is 23.3 Å². The smallest absolute Gasteiger partial charge is 0.416 e. The summed E-state index contributed by atoms with van der Waals surface area (Å²) in [6.45, 7) is 0.121. The third-order valence-corrected chi connectivity index (χ3v) is 2.21. The number of halogens is 3. The van der Waals surface area contributed by atoms with E-state index in [2.05, 4.69) is 10.0 Å². The van der Waals surface area contributed by atoms with Gasteiger partial charge in [0, 0.05) is 17.5 Å². The number of nitrogens with zero attached hydrogens (tertiary/aromatic N) is 4. The van der Waals surface area contributed by atoms with E-state index in [1.807, 2.05) is 0 Å². The summed E-state index contributed by atoms with van der Waals surface area (Å²) in [4.78, 5) is 12.3. The van der Waals surface area contributed by atoms with Crippen molar-refractivity contribution < 1.29 is 22.8 Å². The Morgan fingerprint density at radius 1 is 1.45 bits per heavy atom. The minimum Gasteiger partial charge on any atom is -0.487 e. The predicted octanol–water partition coefficient (Wildman–Crippen LogP) is 3.69. The SMILES string of the molecule is [N-]=[N+]=NCCCOc1ccc(C(F)(F)F)cc1[N+](=O)[O-]. The molecule has 0 radical (unpaired) electrons. The highest BCUT2D eigenvalue weighted by atomic mass is 19.4. The molecule has 1 aromatic rings. The Balaban J connectivity index is 2.85. The van der Waals surface area contributed by atoms with Crippen molar-refractivity contribution in [3.05, 3.63) is 44.3 Å². The van der Waals surface area contributed by atoms with Crippen molar-refractivity contribution in [1.29, 1.82) is 0 Å². The van der Waals surface area contributed by atoms with Crippen molar-refractivity contribution in [3.8, 4) is 5.75 Å². The molecule has 0 heterocycles. The summed E-state index contributed by atoms with van der Waals surface area (Å²) in [5, 5.41) is 14.0. The lowest BCUT2D eigenvalue weighted by molar-refractivity contribution is -0.386. The Bertz CT molecular complexity index is 541. The standard InChI is InChI=1S/C10H9F3N4O3/c11-10(12,13)7-2-3-9(8(6-7)17(18)19)20-5-1-4-15-16-14/h2-3,6H,1,4-5H2. The van der Waals surface area contributed by atoms with Crippen molar-refractivity contribution in [2.24, 2.45) is 5.11 Å². The molecule has 0 amide bonds. The summed E-state index contributed by atoms with van der Waals surface area (Å²) in [6.07, 6.45) is -4.37. The molecule has 0 saturated carbocycles. The van der Waals surface area contributed by atoms with Gasteiger partial charge in [0.1, 0.15) is 0 Å². The molecular formula is C10H9F3N4O3. The van der Waals surface area contributed by atoms with Crippen LogP contribution in [-0.4, -0.2) is 18.1 Å². The van der Waals surface area contributed by atoms with E-state index in [0.717, 1.165) is 6.07 Å². The van der Waals surface area contributed by atoms with Crippen LogP contribution in [0.1, 0.15) is 12.0 Å². The summed E-state index contributed by atoms with van der Waals surface area (Å²) in [6, 6.07) is 2.02. The van der Waals surface area contributed by atoms with E-state index in [1.165, 1.54) is 0 Å². The van der Waals surface area contributed by atoms with Gasteiger partial charge in [-0.1, -0.05) is 5.11 Å². The Morgan fingerprint density at radius 3 is 2.70 bits per heavy atom. The first kappa shape index (κ1) is 15.6. The summed E-state index contributed by atoms with van der Waals surface area (Å²) < 4.78 is 42.4. The zero-order chi connectivity index (χ0) is 15.2. The average Bonchev–Trinajstić information content (AvgIpc) is 2.37. The summed E-state index contributed by atoms with van der Waals surface area (Å²) >= 11 is 0. The predicted molar refractivity (Wildman–Crippen MR) is 62.2 cm³/mol. The van der Waals surface area contributed by atoms with E-state index in [-0.39, 0.29) is 18.9 Å². The average molecular weight is 290 g/mol. The number of nitro benzene ring substituents is 1. The maximum atomic E-state index is 12.4. The van der Waals surface area contributed by atoms with Crippen molar-refractivity contribution in [1.82, 2.24) is 0 Å². The monoisotopic (exact) mass is 290 g/mol. The molecule has 0 bridgehead atoms. The fourth-order valence-electron chi connectivity index (χ4n) is 1.32. The summed E-state index contributed by atoms with van der Waals surface area (Å²) in [7, 11) is 0. The molecule has 0 N–H and O–H groups in total. The van der Waals surface area contributed by atoms with E-state index in [0.29, 0.717) is 18.6 Å². The minimum absolute atomic E-state index is 0.00871. The first-order chi connectivity index (χ1) is 9.36. The topological polar surface area (TPSA) is 101 Å². The van der Waals surface area contributed by atoms with Crippen LogP contribution in [0.4, 0.5) is 18.9 Å². The van der Waals surface area contributed by atoms with Crippen molar-refractivity contribution in [3.63, 3.8) is 0 Å². The second kappa shape index (κ2) is 6.62. The van der Waals surface area contributed by atoms with Crippen molar-refractivity contribution in [2.45, 2.75) is 12.6 Å². The quantitative estimate of drug-likeness (QED) is 0.199. The van der Waals surface area contributed by atoms with Gasteiger partial charge in [-0.15, -0.1) is 0 Å². The van der Waals surface area contributed by atoms with Crippen LogP contribution in [0.5, 0.6) is 5.75 Å². The van der Waals surface area contributed by atoms with Gasteiger partial charge in [-0.2, -0.15) is 13.2 Å². The van der Waals surface area contributed by atoms with Gasteiger partial charge in [-0.05, 0) is 24.1 Å². The molecule has 0 fully saturated rings. The largest absolute Gasteiger partial charge is 0.487 e. The molecule has 0 spiro atoms. The van der Waals surface area contributed by atoms with Crippen LogP contribution < -0.4 is 4.74 Å². The number of ether oxygens (including phenoxy) is 1. The molecule has 1 aromatic carbocycles. The zero-order valence-corrected chi connectivity index (χ0v) is 10.0. The minimum atomic E-state index is -4.66. The lowest BCUT2D eigenvalue weighted by atomic mass is 10.2. The Labute approximate surface area is 110 Å². The number of rotatable bonds is 6. The molecule has 10 heteroatoms. The molecule has 108 valence electrons. The first-order valence-electron chi connectivity index (χ1n) is 5.35. The van der Waals surface area contributed by atoms with Gasteiger partial charge >= 0.3 is 11.9 Å². The normalized spacial score (nSPS) is 10.8. The number of azide groups is 1. The van der Waals surface area contributed by atoms with Gasteiger partial charge in [0.25, 0.3) is 0 Å². The fourth-order valence-corrected chi connectivity index (χ4v) is 1.32. The number of hydrogen-bond acceptors (Lipinski definition) is 4. The lowest BCUT2D eigenvalue weighted by Gasteiger charge is -2.09. The fraction of sp³-hybridized carbons (Fsp3) is 0.400. The molecule has 0 aliphatic heterocycles. The first-order valence-corrected chi connectivity index (χ1v) is 5.35. The van der Waals surface area contributed by atoms with E-state index in [1.54, 1.807) is 0 Å². The maximum Gasteiger partial charge on any atom is 0.416 e. The molecule has 7 nitrogen and oxygen atoms in total. The third kappa shape index (κ3) is 4.32. The van der Waals surface area contributed by atoms with E-state index >= 15 is 0 Å². The second-order valence-corrected chi connectivity index (χ2v) is 3.59. The number of hydrogen-bond donors (Lipinski definition) is 0. The number of alkyl halides is 3. The second-order valence-electron chi connectivity index (χ2n) is 3.59. The van der Waals surface area contributed by atoms with Gasteiger partial charge in [-0.3, -0.25) is 10.1 Å². The maximum absolute atomic E-state index is 12.4. The van der Waals surface area contributed by atoms with E-state index in [9.17, 15) is 23.3 Å². The summed E-state index contributed by atoms with van der Waals surface area (Å²) in [5.74, 6) is -0.260. The Morgan fingerprint density at radius 2 is 2.15 bits per heavy atom. The third-order valence-electron chi connectivity index (χ3n) is 2.21. The molecule has 0 aromatic heterocycles. The van der Waals surface area contributed by atoms with E-state index < -0.39 is 22.4 Å². The molecule has 0 aliphatic rings. The van der Waals surface area contributed by atoms with Crippen LogP contribution >= 0.6 is 0 Å². The van der Waals surface area contributed by atoms with Crippen LogP contribution in [0.25, 0.3) is 10.4 Å². The van der Waals surface area contributed by atoms with Gasteiger partial charge in [0.15, 0.2) is 5.75 Å². The molecule has 20 heavy (non-hydrogen) atoms. The Kier molecular flexibility index (Phi) is 5.15. The molecular weight excluding hydrogens is 281 g/mol. The highest BCUT2D eigenvalue weighted by Crippen LogP contribution is 2.35. The zero-order valence-electron chi connectivity index (χ0n) is 10.0. The molecule has 1 rings (SSSR count). The highest BCUT2D eigenvalue weighted by Gasteiger charge is 2.33. The van der Waals surface area contributed by atoms with Crippen LogP contribution in [-0.2, 0) is 6.18 Å². The summed E-state index contributed by atoms with van der Waals surface area (Å²) in [5.41, 5.74) is 6.15. The number of benzene rings is 1. The molecule has 0 unspecified atom stereocenters.